The second-order valence-electron chi connectivity index (χ2n) is 2.75. The van der Waals surface area contributed by atoms with Crippen LogP contribution in [0.1, 0.15) is 12.8 Å². The fourth-order valence-corrected chi connectivity index (χ4v) is 1.86. The van der Waals surface area contributed by atoms with Gasteiger partial charge in [-0.1, -0.05) is 15.9 Å². The molecule has 0 N–H and O–H groups in total. The molecular formula is C7H12BrNO. The molecule has 0 aromatic heterocycles. The minimum Gasteiger partial charge on any atom is -0.345 e. The van der Waals surface area contributed by atoms with Gasteiger partial charge in [-0.3, -0.25) is 4.79 Å². The van der Waals surface area contributed by atoms with Gasteiger partial charge in [-0.25, -0.2) is 0 Å². The molecule has 10 heavy (non-hydrogen) atoms. The SMILES string of the molecule is CN1CCC[C@@H](CBr)C1=O. The first-order valence-electron chi connectivity index (χ1n) is 3.56. The summed E-state index contributed by atoms with van der Waals surface area (Å²) in [5, 5.41) is 0.816. The van der Waals surface area contributed by atoms with Crippen LogP contribution in [0.15, 0.2) is 0 Å². The van der Waals surface area contributed by atoms with Crippen molar-refractivity contribution in [3.63, 3.8) is 0 Å². The predicted octanol–water partition coefficient (Wildman–Crippen LogP) is 1.25. The summed E-state index contributed by atoms with van der Waals surface area (Å²) in [5.41, 5.74) is 0. The van der Waals surface area contributed by atoms with Gasteiger partial charge in [-0.2, -0.15) is 0 Å². The molecule has 3 heteroatoms. The van der Waals surface area contributed by atoms with Gasteiger partial charge in [0, 0.05) is 24.8 Å². The van der Waals surface area contributed by atoms with Crippen LogP contribution in [-0.2, 0) is 4.79 Å². The molecule has 1 heterocycles. The normalized spacial score (nSPS) is 27.2. The zero-order valence-corrected chi connectivity index (χ0v) is 7.73. The van der Waals surface area contributed by atoms with E-state index in [0.717, 1.165) is 24.7 Å². The third kappa shape index (κ3) is 1.51. The summed E-state index contributed by atoms with van der Waals surface area (Å²) in [6.45, 7) is 0.933. The fourth-order valence-electron chi connectivity index (χ4n) is 1.26. The van der Waals surface area contributed by atoms with Gasteiger partial charge >= 0.3 is 0 Å². The van der Waals surface area contributed by atoms with E-state index in [4.69, 9.17) is 0 Å². The summed E-state index contributed by atoms with van der Waals surface area (Å²) >= 11 is 3.33. The van der Waals surface area contributed by atoms with E-state index < -0.39 is 0 Å². The Balaban J connectivity index is 2.51. The number of amides is 1. The Kier molecular flexibility index (Phi) is 2.72. The van der Waals surface area contributed by atoms with E-state index in [-0.39, 0.29) is 5.92 Å². The lowest BCUT2D eigenvalue weighted by Crippen LogP contribution is -2.38. The average molecular weight is 206 g/mol. The summed E-state index contributed by atoms with van der Waals surface area (Å²) < 4.78 is 0. The Morgan fingerprint density at radius 2 is 2.50 bits per heavy atom. The van der Waals surface area contributed by atoms with Crippen molar-refractivity contribution in [3.05, 3.63) is 0 Å². The zero-order chi connectivity index (χ0) is 7.56. The molecular weight excluding hydrogens is 194 g/mol. The lowest BCUT2D eigenvalue weighted by Gasteiger charge is -2.27. The van der Waals surface area contributed by atoms with Crippen LogP contribution in [0.3, 0.4) is 0 Å². The van der Waals surface area contributed by atoms with Gasteiger partial charge in [0.2, 0.25) is 5.91 Å². The van der Waals surface area contributed by atoms with Gasteiger partial charge < -0.3 is 4.90 Å². The molecule has 1 amide bonds. The Hall–Kier alpha value is -0.0500. The number of hydrogen-bond donors (Lipinski definition) is 0. The molecule has 0 aromatic carbocycles. The van der Waals surface area contributed by atoms with Crippen molar-refractivity contribution in [2.24, 2.45) is 5.92 Å². The van der Waals surface area contributed by atoms with Gasteiger partial charge in [0.25, 0.3) is 0 Å². The first-order chi connectivity index (χ1) is 4.75. The van der Waals surface area contributed by atoms with Crippen LogP contribution < -0.4 is 0 Å². The maximum absolute atomic E-state index is 11.3. The Morgan fingerprint density at radius 3 is 3.00 bits per heavy atom. The van der Waals surface area contributed by atoms with Gasteiger partial charge in [0.15, 0.2) is 0 Å². The Morgan fingerprint density at radius 1 is 1.80 bits per heavy atom. The van der Waals surface area contributed by atoms with Crippen LogP contribution in [0, 0.1) is 5.92 Å². The number of halogens is 1. The predicted molar refractivity (Wildman–Crippen MR) is 44.2 cm³/mol. The molecule has 1 aliphatic rings. The second-order valence-corrected chi connectivity index (χ2v) is 3.40. The van der Waals surface area contributed by atoms with Crippen molar-refractivity contribution in [1.82, 2.24) is 4.90 Å². The zero-order valence-electron chi connectivity index (χ0n) is 6.14. The summed E-state index contributed by atoms with van der Waals surface area (Å²) in [6.07, 6.45) is 2.20. The highest BCUT2D eigenvalue weighted by atomic mass is 79.9. The van der Waals surface area contributed by atoms with E-state index in [9.17, 15) is 4.79 Å². The molecule has 0 radical (unpaired) electrons. The summed E-state index contributed by atoms with van der Waals surface area (Å²) in [5.74, 6) is 0.530. The molecule has 0 unspecified atom stereocenters. The largest absolute Gasteiger partial charge is 0.345 e. The molecule has 0 bridgehead atoms. The Labute approximate surface area is 69.7 Å². The number of piperidine rings is 1. The smallest absolute Gasteiger partial charge is 0.226 e. The number of alkyl halides is 1. The molecule has 0 spiro atoms. The number of hydrogen-bond acceptors (Lipinski definition) is 1. The van der Waals surface area contributed by atoms with Crippen LogP contribution in [0.5, 0.6) is 0 Å². The molecule has 1 saturated heterocycles. The topological polar surface area (TPSA) is 20.3 Å². The van der Waals surface area contributed by atoms with E-state index in [1.54, 1.807) is 0 Å². The number of nitrogens with zero attached hydrogens (tertiary/aromatic N) is 1. The van der Waals surface area contributed by atoms with E-state index in [2.05, 4.69) is 15.9 Å². The highest BCUT2D eigenvalue weighted by Gasteiger charge is 2.24. The average Bonchev–Trinajstić information content (AvgIpc) is 1.95. The summed E-state index contributed by atoms with van der Waals surface area (Å²) in [4.78, 5) is 13.1. The maximum Gasteiger partial charge on any atom is 0.226 e. The first kappa shape index (κ1) is 8.05. The molecule has 0 aromatic rings. The fraction of sp³-hybridized carbons (Fsp3) is 0.857. The van der Waals surface area contributed by atoms with Crippen LogP contribution >= 0.6 is 15.9 Å². The molecule has 0 aliphatic carbocycles. The van der Waals surface area contributed by atoms with Crippen LogP contribution in [0.4, 0.5) is 0 Å². The van der Waals surface area contributed by atoms with Crippen molar-refractivity contribution in [1.29, 1.82) is 0 Å². The van der Waals surface area contributed by atoms with E-state index in [1.807, 2.05) is 11.9 Å². The highest BCUT2D eigenvalue weighted by molar-refractivity contribution is 9.09. The molecule has 2 nitrogen and oxygen atoms in total. The van der Waals surface area contributed by atoms with E-state index in [0.29, 0.717) is 5.91 Å². The van der Waals surface area contributed by atoms with Crippen LogP contribution in [0.2, 0.25) is 0 Å². The van der Waals surface area contributed by atoms with Crippen molar-refractivity contribution in [2.75, 3.05) is 18.9 Å². The second kappa shape index (κ2) is 3.37. The number of likely N-dealkylation sites (tertiary alicyclic amines) is 1. The van der Waals surface area contributed by atoms with Crippen molar-refractivity contribution >= 4 is 21.8 Å². The van der Waals surface area contributed by atoms with Gasteiger partial charge in [-0.05, 0) is 12.8 Å². The van der Waals surface area contributed by atoms with Crippen molar-refractivity contribution in [3.8, 4) is 0 Å². The minimum atomic E-state index is 0.235. The summed E-state index contributed by atoms with van der Waals surface area (Å²) in [6, 6.07) is 0. The summed E-state index contributed by atoms with van der Waals surface area (Å²) in [7, 11) is 1.87. The lowest BCUT2D eigenvalue weighted by atomic mass is 10.00. The van der Waals surface area contributed by atoms with Gasteiger partial charge in [0.05, 0.1) is 0 Å². The molecule has 1 atom stereocenters. The molecule has 1 rings (SSSR count). The third-order valence-corrected chi connectivity index (χ3v) is 2.74. The molecule has 1 aliphatic heterocycles. The molecule has 1 fully saturated rings. The monoisotopic (exact) mass is 205 g/mol. The number of carbonyl (C=O) groups excluding carboxylic acids is 1. The molecule has 0 saturated carbocycles. The van der Waals surface area contributed by atoms with Crippen LogP contribution in [0.25, 0.3) is 0 Å². The van der Waals surface area contributed by atoms with Gasteiger partial charge in [-0.15, -0.1) is 0 Å². The standard InChI is InChI=1S/C7H12BrNO/c1-9-4-2-3-6(5-8)7(9)10/h6H,2-5H2,1H3/t6-/m0/s1. The molecule has 58 valence electrons. The highest BCUT2D eigenvalue weighted by Crippen LogP contribution is 2.17. The van der Waals surface area contributed by atoms with E-state index >= 15 is 0 Å². The Bertz CT molecular complexity index is 138. The lowest BCUT2D eigenvalue weighted by molar-refractivity contribution is -0.135. The maximum atomic E-state index is 11.3. The van der Waals surface area contributed by atoms with E-state index in [1.165, 1.54) is 0 Å². The van der Waals surface area contributed by atoms with Crippen molar-refractivity contribution in [2.45, 2.75) is 12.8 Å². The first-order valence-corrected chi connectivity index (χ1v) is 4.69. The number of rotatable bonds is 1. The minimum absolute atomic E-state index is 0.235. The third-order valence-electron chi connectivity index (χ3n) is 1.96. The van der Waals surface area contributed by atoms with Crippen LogP contribution in [-0.4, -0.2) is 29.7 Å². The van der Waals surface area contributed by atoms with Crippen molar-refractivity contribution < 1.29 is 4.79 Å². The van der Waals surface area contributed by atoms with Gasteiger partial charge in [0.1, 0.15) is 0 Å². The quantitative estimate of drug-likeness (QED) is 0.591. The number of carbonyl (C=O) groups is 1.